The summed E-state index contributed by atoms with van der Waals surface area (Å²) < 4.78 is 5.93. The quantitative estimate of drug-likeness (QED) is 0.838. The molecule has 1 aromatic rings. The average molecular weight is 248 g/mol. The van der Waals surface area contributed by atoms with Gasteiger partial charge in [-0.15, -0.1) is 0 Å². The molecule has 0 spiro atoms. The lowest BCUT2D eigenvalue weighted by molar-refractivity contribution is 0.223. The number of nitrogens with zero attached hydrogens (tertiary/aromatic N) is 1. The molecule has 0 saturated heterocycles. The van der Waals surface area contributed by atoms with Crippen molar-refractivity contribution in [3.8, 4) is 5.75 Å². The summed E-state index contributed by atoms with van der Waals surface area (Å²) in [7, 11) is 0. The maximum absolute atomic E-state index is 5.93. The van der Waals surface area contributed by atoms with Gasteiger partial charge in [0.2, 0.25) is 0 Å². The lowest BCUT2D eigenvalue weighted by Crippen LogP contribution is -2.28. The van der Waals surface area contributed by atoms with Crippen molar-refractivity contribution in [2.75, 3.05) is 38.1 Å². The van der Waals surface area contributed by atoms with Crippen LogP contribution in [0.5, 0.6) is 5.75 Å². The Labute approximate surface area is 110 Å². The molecule has 1 N–H and O–H groups in total. The number of ether oxygens (including phenoxy) is 1. The van der Waals surface area contributed by atoms with Crippen molar-refractivity contribution in [1.82, 2.24) is 4.90 Å². The zero-order valence-corrected chi connectivity index (χ0v) is 11.5. The van der Waals surface area contributed by atoms with E-state index in [9.17, 15) is 0 Å². The number of nitrogens with one attached hydrogen (secondary N) is 1. The van der Waals surface area contributed by atoms with Crippen molar-refractivity contribution in [2.24, 2.45) is 0 Å². The maximum atomic E-state index is 5.93. The first kappa shape index (κ1) is 13.2. The first-order valence-electron chi connectivity index (χ1n) is 7.06. The summed E-state index contributed by atoms with van der Waals surface area (Å²) in [6.07, 6.45) is 2.38. The van der Waals surface area contributed by atoms with E-state index in [4.69, 9.17) is 4.74 Å². The molecule has 0 amide bonds. The van der Waals surface area contributed by atoms with Crippen molar-refractivity contribution in [3.05, 3.63) is 23.8 Å². The van der Waals surface area contributed by atoms with Gasteiger partial charge in [0, 0.05) is 13.1 Å². The number of fused-ring (bicyclic) bond motifs is 1. The van der Waals surface area contributed by atoms with Crippen LogP contribution < -0.4 is 10.1 Å². The topological polar surface area (TPSA) is 24.5 Å². The third kappa shape index (κ3) is 3.16. The zero-order chi connectivity index (χ0) is 12.8. The number of benzene rings is 1. The predicted molar refractivity (Wildman–Crippen MR) is 76.5 cm³/mol. The molecule has 1 aliphatic heterocycles. The standard InChI is InChI=1S/C15H24N2O/c1-3-17(4-2)11-12-18-14-9-5-7-13-8-6-10-16-15(13)14/h5,7,9,16H,3-4,6,8,10-12H2,1-2H3. The van der Waals surface area contributed by atoms with Crippen molar-refractivity contribution >= 4 is 5.69 Å². The van der Waals surface area contributed by atoms with Gasteiger partial charge in [0.15, 0.2) is 0 Å². The fourth-order valence-corrected chi connectivity index (χ4v) is 2.42. The van der Waals surface area contributed by atoms with Gasteiger partial charge in [0.25, 0.3) is 0 Å². The van der Waals surface area contributed by atoms with Crippen molar-refractivity contribution < 1.29 is 4.74 Å². The minimum atomic E-state index is 0.764. The van der Waals surface area contributed by atoms with Crippen LogP contribution in [0.2, 0.25) is 0 Å². The van der Waals surface area contributed by atoms with Crippen LogP contribution >= 0.6 is 0 Å². The van der Waals surface area contributed by atoms with Crippen LogP contribution in [0.1, 0.15) is 25.8 Å². The lowest BCUT2D eigenvalue weighted by Gasteiger charge is -2.22. The highest BCUT2D eigenvalue weighted by molar-refractivity contribution is 5.63. The molecule has 0 atom stereocenters. The number of rotatable bonds is 6. The van der Waals surface area contributed by atoms with Gasteiger partial charge in [-0.25, -0.2) is 0 Å². The van der Waals surface area contributed by atoms with Gasteiger partial charge < -0.3 is 15.0 Å². The first-order valence-corrected chi connectivity index (χ1v) is 7.06. The molecule has 0 bridgehead atoms. The van der Waals surface area contributed by atoms with Crippen LogP contribution in [0.15, 0.2) is 18.2 Å². The summed E-state index contributed by atoms with van der Waals surface area (Å²) in [4.78, 5) is 2.38. The summed E-state index contributed by atoms with van der Waals surface area (Å²) in [6.45, 7) is 9.38. The van der Waals surface area contributed by atoms with E-state index >= 15 is 0 Å². The van der Waals surface area contributed by atoms with E-state index < -0.39 is 0 Å². The molecule has 1 aliphatic rings. The van der Waals surface area contributed by atoms with Crippen LogP contribution in [0.4, 0.5) is 5.69 Å². The molecule has 0 aromatic heterocycles. The molecule has 2 rings (SSSR count). The van der Waals surface area contributed by atoms with Crippen LogP contribution in [-0.4, -0.2) is 37.7 Å². The Hall–Kier alpha value is -1.22. The summed E-state index contributed by atoms with van der Waals surface area (Å²) >= 11 is 0. The second kappa shape index (κ2) is 6.64. The third-order valence-corrected chi connectivity index (χ3v) is 3.60. The molecule has 0 fully saturated rings. The molecule has 18 heavy (non-hydrogen) atoms. The SMILES string of the molecule is CCN(CC)CCOc1cccc2c1NCCC2. The summed E-state index contributed by atoms with van der Waals surface area (Å²) in [5.74, 6) is 1.01. The molecule has 0 aliphatic carbocycles. The van der Waals surface area contributed by atoms with E-state index in [0.29, 0.717) is 0 Å². The molecule has 1 aromatic carbocycles. The Morgan fingerprint density at radius 1 is 1.28 bits per heavy atom. The highest BCUT2D eigenvalue weighted by atomic mass is 16.5. The fourth-order valence-electron chi connectivity index (χ4n) is 2.42. The van der Waals surface area contributed by atoms with Gasteiger partial charge in [-0.05, 0) is 37.6 Å². The van der Waals surface area contributed by atoms with E-state index in [1.807, 2.05) is 0 Å². The second-order valence-corrected chi connectivity index (χ2v) is 4.70. The lowest BCUT2D eigenvalue weighted by atomic mass is 10.0. The maximum Gasteiger partial charge on any atom is 0.142 e. The smallest absolute Gasteiger partial charge is 0.142 e. The number of likely N-dealkylation sites (N-methyl/N-ethyl adjacent to an activating group) is 1. The van der Waals surface area contributed by atoms with E-state index in [1.54, 1.807) is 0 Å². The Kier molecular flexibility index (Phi) is 4.88. The van der Waals surface area contributed by atoms with Gasteiger partial charge in [-0.3, -0.25) is 0 Å². The minimum absolute atomic E-state index is 0.764. The van der Waals surface area contributed by atoms with Crippen LogP contribution in [0.25, 0.3) is 0 Å². The Bertz CT molecular complexity index is 375. The molecular weight excluding hydrogens is 224 g/mol. The molecule has 1 heterocycles. The van der Waals surface area contributed by atoms with Gasteiger partial charge in [0.05, 0.1) is 5.69 Å². The zero-order valence-electron chi connectivity index (χ0n) is 11.5. The molecule has 0 radical (unpaired) electrons. The van der Waals surface area contributed by atoms with E-state index in [1.165, 1.54) is 17.7 Å². The normalized spacial score (nSPS) is 14.2. The highest BCUT2D eigenvalue weighted by Crippen LogP contribution is 2.31. The van der Waals surface area contributed by atoms with Crippen LogP contribution in [0, 0.1) is 0 Å². The van der Waals surface area contributed by atoms with E-state index in [2.05, 4.69) is 42.3 Å². The van der Waals surface area contributed by atoms with Crippen LogP contribution in [0.3, 0.4) is 0 Å². The number of hydrogen-bond donors (Lipinski definition) is 1. The molecule has 0 saturated carbocycles. The third-order valence-electron chi connectivity index (χ3n) is 3.60. The van der Waals surface area contributed by atoms with Gasteiger partial charge in [0.1, 0.15) is 12.4 Å². The predicted octanol–water partition coefficient (Wildman–Crippen LogP) is 2.77. The molecular formula is C15H24N2O. The summed E-state index contributed by atoms with van der Waals surface area (Å²) in [5, 5.41) is 3.46. The molecule has 100 valence electrons. The monoisotopic (exact) mass is 248 g/mol. The highest BCUT2D eigenvalue weighted by Gasteiger charge is 2.13. The molecule has 3 heteroatoms. The summed E-state index contributed by atoms with van der Waals surface area (Å²) in [5.41, 5.74) is 2.60. The fraction of sp³-hybridized carbons (Fsp3) is 0.600. The average Bonchev–Trinajstić information content (AvgIpc) is 2.44. The summed E-state index contributed by atoms with van der Waals surface area (Å²) in [6, 6.07) is 6.36. The van der Waals surface area contributed by atoms with Crippen LogP contribution in [-0.2, 0) is 6.42 Å². The number of aryl methyl sites for hydroxylation is 1. The number of hydrogen-bond acceptors (Lipinski definition) is 3. The van der Waals surface area contributed by atoms with E-state index in [0.717, 1.165) is 45.0 Å². The second-order valence-electron chi connectivity index (χ2n) is 4.70. The van der Waals surface area contributed by atoms with E-state index in [-0.39, 0.29) is 0 Å². The Balaban J connectivity index is 1.93. The molecule has 3 nitrogen and oxygen atoms in total. The minimum Gasteiger partial charge on any atom is -0.490 e. The molecule has 0 unspecified atom stereocenters. The largest absolute Gasteiger partial charge is 0.490 e. The Morgan fingerprint density at radius 2 is 2.11 bits per heavy atom. The van der Waals surface area contributed by atoms with Crippen molar-refractivity contribution in [3.63, 3.8) is 0 Å². The first-order chi connectivity index (χ1) is 8.85. The van der Waals surface area contributed by atoms with Crippen molar-refractivity contribution in [1.29, 1.82) is 0 Å². The van der Waals surface area contributed by atoms with Crippen molar-refractivity contribution in [2.45, 2.75) is 26.7 Å². The number of para-hydroxylation sites is 1. The van der Waals surface area contributed by atoms with Gasteiger partial charge in [-0.2, -0.15) is 0 Å². The number of anilines is 1. The van der Waals surface area contributed by atoms with Gasteiger partial charge in [-0.1, -0.05) is 26.0 Å². The van der Waals surface area contributed by atoms with Gasteiger partial charge >= 0.3 is 0 Å². The Morgan fingerprint density at radius 3 is 2.89 bits per heavy atom.